The predicted octanol–water partition coefficient (Wildman–Crippen LogP) is 4.47. The van der Waals surface area contributed by atoms with Gasteiger partial charge in [-0.05, 0) is 12.1 Å². The molecule has 1 aromatic carbocycles. The second-order valence-electron chi connectivity index (χ2n) is 4.32. The highest BCUT2D eigenvalue weighted by Gasteiger charge is 2.30. The zero-order valence-corrected chi connectivity index (χ0v) is 13.5. The van der Waals surface area contributed by atoms with Gasteiger partial charge in [-0.15, -0.1) is 11.3 Å². The van der Waals surface area contributed by atoms with E-state index in [4.69, 9.17) is 0 Å². The molecule has 3 nitrogen and oxygen atoms in total. The summed E-state index contributed by atoms with van der Waals surface area (Å²) in [5.41, 5.74) is -0.267. The van der Waals surface area contributed by atoms with Crippen LogP contribution in [0.15, 0.2) is 40.7 Å². The Balaban J connectivity index is 2.21. The Kier molecular flexibility index (Phi) is 5.02. The topological polar surface area (TPSA) is 42.0 Å². The maximum atomic E-state index is 12.7. The minimum atomic E-state index is -4.41. The van der Waals surface area contributed by atoms with Crippen LogP contribution in [0.3, 0.4) is 0 Å². The molecule has 0 saturated heterocycles. The standard InChI is InChI=1S/C14H10BrF3N2OS/c1-8(15)6-19-12(21)11-7-22-13(20-11)9-3-2-4-10(5-9)14(16,17)18/h2-5,7H,1,6H2,(H,19,21). The molecular weight excluding hydrogens is 381 g/mol. The number of nitrogens with one attached hydrogen (secondary N) is 1. The summed E-state index contributed by atoms with van der Waals surface area (Å²) in [4.78, 5) is 15.9. The number of hydrogen-bond acceptors (Lipinski definition) is 3. The fraction of sp³-hybridized carbons (Fsp3) is 0.143. The summed E-state index contributed by atoms with van der Waals surface area (Å²) < 4.78 is 38.7. The summed E-state index contributed by atoms with van der Waals surface area (Å²) in [5, 5.41) is 4.44. The highest BCUT2D eigenvalue weighted by Crippen LogP contribution is 2.33. The minimum Gasteiger partial charge on any atom is -0.346 e. The Bertz CT molecular complexity index is 712. The molecule has 0 unspecified atom stereocenters. The van der Waals surface area contributed by atoms with Crippen LogP contribution in [-0.2, 0) is 6.18 Å². The lowest BCUT2D eigenvalue weighted by atomic mass is 10.1. The van der Waals surface area contributed by atoms with Gasteiger partial charge in [0.25, 0.3) is 5.91 Å². The third-order valence-corrected chi connectivity index (χ3v) is 3.79. The second kappa shape index (κ2) is 6.62. The lowest BCUT2D eigenvalue weighted by molar-refractivity contribution is -0.137. The number of thiazole rings is 1. The first-order valence-electron chi connectivity index (χ1n) is 6.02. The van der Waals surface area contributed by atoms with Crippen LogP contribution in [0, 0.1) is 0 Å². The molecule has 0 aliphatic rings. The number of benzene rings is 1. The van der Waals surface area contributed by atoms with Gasteiger partial charge in [0.1, 0.15) is 10.7 Å². The van der Waals surface area contributed by atoms with E-state index in [1.165, 1.54) is 17.5 Å². The summed E-state index contributed by atoms with van der Waals surface area (Å²) in [7, 11) is 0. The van der Waals surface area contributed by atoms with E-state index in [-0.39, 0.29) is 12.2 Å². The average molecular weight is 391 g/mol. The van der Waals surface area contributed by atoms with Crippen LogP contribution in [0.4, 0.5) is 13.2 Å². The van der Waals surface area contributed by atoms with Gasteiger partial charge in [-0.25, -0.2) is 4.98 Å². The molecule has 1 amide bonds. The van der Waals surface area contributed by atoms with Crippen molar-refractivity contribution < 1.29 is 18.0 Å². The van der Waals surface area contributed by atoms with E-state index in [9.17, 15) is 18.0 Å². The van der Waals surface area contributed by atoms with Crippen molar-refractivity contribution in [2.24, 2.45) is 0 Å². The van der Waals surface area contributed by atoms with Crippen molar-refractivity contribution in [2.45, 2.75) is 6.18 Å². The molecule has 1 N–H and O–H groups in total. The van der Waals surface area contributed by atoms with E-state index >= 15 is 0 Å². The quantitative estimate of drug-likeness (QED) is 0.836. The smallest absolute Gasteiger partial charge is 0.346 e. The molecule has 116 valence electrons. The Morgan fingerprint density at radius 1 is 1.41 bits per heavy atom. The predicted molar refractivity (Wildman–Crippen MR) is 83.0 cm³/mol. The molecule has 0 radical (unpaired) electrons. The van der Waals surface area contributed by atoms with Crippen molar-refractivity contribution in [1.29, 1.82) is 0 Å². The molecule has 0 saturated carbocycles. The van der Waals surface area contributed by atoms with Crippen molar-refractivity contribution in [3.63, 3.8) is 0 Å². The van der Waals surface area contributed by atoms with E-state index in [0.717, 1.165) is 23.5 Å². The lowest BCUT2D eigenvalue weighted by Gasteiger charge is -2.07. The molecular formula is C14H10BrF3N2OS. The van der Waals surface area contributed by atoms with Crippen molar-refractivity contribution in [2.75, 3.05) is 6.54 Å². The molecule has 22 heavy (non-hydrogen) atoms. The molecule has 2 aromatic rings. The zero-order valence-electron chi connectivity index (χ0n) is 11.1. The van der Waals surface area contributed by atoms with Crippen LogP contribution >= 0.6 is 27.3 Å². The summed E-state index contributed by atoms with van der Waals surface area (Å²) >= 11 is 4.22. The third-order valence-electron chi connectivity index (χ3n) is 2.61. The first kappa shape index (κ1) is 16.7. The minimum absolute atomic E-state index is 0.158. The molecule has 0 aliphatic heterocycles. The zero-order chi connectivity index (χ0) is 16.3. The van der Waals surface area contributed by atoms with Gasteiger partial charge in [-0.2, -0.15) is 13.2 Å². The molecule has 8 heteroatoms. The van der Waals surface area contributed by atoms with Crippen molar-refractivity contribution >= 4 is 33.2 Å². The Hall–Kier alpha value is -1.67. The SMILES string of the molecule is C=C(Br)CNC(=O)c1csc(-c2cccc(C(F)(F)F)c2)n1. The third kappa shape index (κ3) is 4.17. The van der Waals surface area contributed by atoms with Crippen LogP contribution in [0.25, 0.3) is 10.6 Å². The summed E-state index contributed by atoms with van der Waals surface area (Å²) in [5.74, 6) is -0.407. The van der Waals surface area contributed by atoms with Crippen LogP contribution < -0.4 is 5.32 Å². The monoisotopic (exact) mass is 390 g/mol. The molecule has 1 heterocycles. The van der Waals surface area contributed by atoms with Gasteiger partial charge >= 0.3 is 6.18 Å². The number of hydrogen-bond donors (Lipinski definition) is 1. The number of nitrogens with zero attached hydrogens (tertiary/aromatic N) is 1. The maximum absolute atomic E-state index is 12.7. The van der Waals surface area contributed by atoms with Gasteiger partial charge in [0, 0.05) is 22.0 Å². The fourth-order valence-electron chi connectivity index (χ4n) is 1.61. The molecule has 2 rings (SSSR count). The molecule has 0 bridgehead atoms. The van der Waals surface area contributed by atoms with E-state index in [0.29, 0.717) is 15.1 Å². The van der Waals surface area contributed by atoms with Crippen LogP contribution in [-0.4, -0.2) is 17.4 Å². The number of carbonyl (C=O) groups excluding carboxylic acids is 1. The largest absolute Gasteiger partial charge is 0.416 e. The van der Waals surface area contributed by atoms with E-state index in [1.807, 2.05) is 0 Å². The second-order valence-corrected chi connectivity index (χ2v) is 6.30. The van der Waals surface area contributed by atoms with Gasteiger partial charge in [0.15, 0.2) is 0 Å². The highest BCUT2D eigenvalue weighted by atomic mass is 79.9. The summed E-state index contributed by atoms with van der Waals surface area (Å²) in [6.45, 7) is 3.83. The first-order chi connectivity index (χ1) is 10.3. The van der Waals surface area contributed by atoms with Gasteiger partial charge in [-0.1, -0.05) is 34.6 Å². The Morgan fingerprint density at radius 2 is 2.14 bits per heavy atom. The first-order valence-corrected chi connectivity index (χ1v) is 7.69. The normalized spacial score (nSPS) is 11.3. The van der Waals surface area contributed by atoms with E-state index in [1.54, 1.807) is 0 Å². The van der Waals surface area contributed by atoms with Gasteiger partial charge in [0.2, 0.25) is 0 Å². The molecule has 1 aromatic heterocycles. The van der Waals surface area contributed by atoms with E-state index in [2.05, 4.69) is 32.8 Å². The van der Waals surface area contributed by atoms with Crippen molar-refractivity contribution in [1.82, 2.24) is 10.3 Å². The van der Waals surface area contributed by atoms with Crippen molar-refractivity contribution in [3.05, 3.63) is 52.0 Å². The number of amides is 1. The summed E-state index contributed by atoms with van der Waals surface area (Å²) in [6.07, 6.45) is -4.41. The van der Waals surface area contributed by atoms with Gasteiger partial charge < -0.3 is 5.32 Å². The number of aromatic nitrogens is 1. The number of halogens is 4. The molecule has 0 fully saturated rings. The average Bonchev–Trinajstić information content (AvgIpc) is 2.94. The van der Waals surface area contributed by atoms with Crippen LogP contribution in [0.5, 0.6) is 0 Å². The molecule has 0 spiro atoms. The number of rotatable bonds is 4. The maximum Gasteiger partial charge on any atom is 0.416 e. The Labute approximate surface area is 137 Å². The van der Waals surface area contributed by atoms with Crippen LogP contribution in [0.2, 0.25) is 0 Å². The molecule has 0 aliphatic carbocycles. The Morgan fingerprint density at radius 3 is 2.77 bits per heavy atom. The van der Waals surface area contributed by atoms with Crippen molar-refractivity contribution in [3.8, 4) is 10.6 Å². The van der Waals surface area contributed by atoms with Crippen LogP contribution in [0.1, 0.15) is 16.1 Å². The van der Waals surface area contributed by atoms with Gasteiger partial charge in [0.05, 0.1) is 5.56 Å². The summed E-state index contributed by atoms with van der Waals surface area (Å²) in [6, 6.07) is 4.84. The number of carbonyl (C=O) groups is 1. The van der Waals surface area contributed by atoms with Gasteiger partial charge in [-0.3, -0.25) is 4.79 Å². The fourth-order valence-corrected chi connectivity index (χ4v) is 2.54. The molecule has 0 atom stereocenters. The number of alkyl halides is 3. The van der Waals surface area contributed by atoms with E-state index < -0.39 is 17.6 Å². The highest BCUT2D eigenvalue weighted by molar-refractivity contribution is 9.11. The lowest BCUT2D eigenvalue weighted by Crippen LogP contribution is -2.24.